The fraction of sp³-hybridized carbons (Fsp3) is 0.846. The number of hydrogen-bond donors (Lipinski definition) is 1. The van der Waals surface area contributed by atoms with Crippen LogP contribution in [0, 0.1) is 24.2 Å². The summed E-state index contributed by atoms with van der Waals surface area (Å²) < 4.78 is 0. The molecule has 0 amide bonds. The average Bonchev–Trinajstić information content (AvgIpc) is 2.43. The van der Waals surface area contributed by atoms with Gasteiger partial charge in [-0.1, -0.05) is 25.7 Å². The van der Waals surface area contributed by atoms with Crippen LogP contribution in [0.1, 0.15) is 51.4 Å². The van der Waals surface area contributed by atoms with Gasteiger partial charge in [-0.15, -0.1) is 12.3 Å². The van der Waals surface area contributed by atoms with Crippen LogP contribution < -0.4 is 5.73 Å². The van der Waals surface area contributed by atoms with E-state index in [4.69, 9.17) is 12.2 Å². The lowest BCUT2D eigenvalue weighted by molar-refractivity contribution is 0.297. The average molecular weight is 193 g/mol. The monoisotopic (exact) mass is 193 g/mol. The molecule has 1 aliphatic rings. The molecule has 0 aliphatic heterocycles. The predicted molar refractivity (Wildman–Crippen MR) is 61.8 cm³/mol. The molecule has 0 heterocycles. The molecule has 1 fully saturated rings. The maximum atomic E-state index is 5.83. The Morgan fingerprint density at radius 3 is 2.50 bits per heavy atom. The first-order valence-electron chi connectivity index (χ1n) is 6.02. The van der Waals surface area contributed by atoms with Crippen LogP contribution >= 0.6 is 0 Å². The molecular formula is C13H23N. The first kappa shape index (κ1) is 11.6. The fourth-order valence-electron chi connectivity index (χ4n) is 2.62. The van der Waals surface area contributed by atoms with Crippen molar-refractivity contribution in [3.05, 3.63) is 0 Å². The van der Waals surface area contributed by atoms with Gasteiger partial charge in [0.05, 0.1) is 0 Å². The molecule has 0 radical (unpaired) electrons. The SMILES string of the molecule is C#CCCCC1CCCCCC1CN. The van der Waals surface area contributed by atoms with Crippen molar-refractivity contribution in [2.45, 2.75) is 51.4 Å². The Kier molecular flexibility index (Phi) is 5.71. The molecule has 2 atom stereocenters. The topological polar surface area (TPSA) is 26.0 Å². The second-order valence-electron chi connectivity index (χ2n) is 4.49. The number of unbranched alkanes of at least 4 members (excludes halogenated alkanes) is 1. The van der Waals surface area contributed by atoms with Crippen LogP contribution in [-0.2, 0) is 0 Å². The summed E-state index contributed by atoms with van der Waals surface area (Å²) in [6.45, 7) is 0.876. The molecule has 0 saturated heterocycles. The highest BCUT2D eigenvalue weighted by Gasteiger charge is 2.21. The molecule has 0 aromatic heterocycles. The van der Waals surface area contributed by atoms with Gasteiger partial charge in [-0.25, -0.2) is 0 Å². The van der Waals surface area contributed by atoms with Crippen molar-refractivity contribution in [2.75, 3.05) is 6.54 Å². The van der Waals surface area contributed by atoms with Gasteiger partial charge >= 0.3 is 0 Å². The molecule has 2 N–H and O–H groups in total. The Morgan fingerprint density at radius 1 is 1.14 bits per heavy atom. The van der Waals surface area contributed by atoms with Gasteiger partial charge in [-0.05, 0) is 37.6 Å². The Balaban J connectivity index is 2.33. The number of nitrogens with two attached hydrogens (primary N) is 1. The maximum Gasteiger partial charge on any atom is 0.00861 e. The first-order chi connectivity index (χ1) is 6.88. The third-order valence-corrected chi connectivity index (χ3v) is 3.52. The van der Waals surface area contributed by atoms with E-state index in [9.17, 15) is 0 Å². The van der Waals surface area contributed by atoms with Crippen LogP contribution in [0.25, 0.3) is 0 Å². The van der Waals surface area contributed by atoms with Gasteiger partial charge < -0.3 is 5.73 Å². The molecule has 1 heteroatoms. The van der Waals surface area contributed by atoms with Crippen molar-refractivity contribution in [3.63, 3.8) is 0 Å². The molecule has 2 unspecified atom stereocenters. The van der Waals surface area contributed by atoms with Crippen LogP contribution in [0.5, 0.6) is 0 Å². The first-order valence-corrected chi connectivity index (χ1v) is 6.02. The molecule has 1 aliphatic carbocycles. The third kappa shape index (κ3) is 3.72. The van der Waals surface area contributed by atoms with Gasteiger partial charge in [-0.3, -0.25) is 0 Å². The summed E-state index contributed by atoms with van der Waals surface area (Å²) in [4.78, 5) is 0. The van der Waals surface area contributed by atoms with Gasteiger partial charge in [-0.2, -0.15) is 0 Å². The summed E-state index contributed by atoms with van der Waals surface area (Å²) in [6.07, 6.45) is 15.6. The zero-order valence-corrected chi connectivity index (χ0v) is 9.17. The van der Waals surface area contributed by atoms with Crippen molar-refractivity contribution in [3.8, 4) is 12.3 Å². The molecule has 1 saturated carbocycles. The highest BCUT2D eigenvalue weighted by Crippen LogP contribution is 2.31. The Bertz CT molecular complexity index is 180. The lowest BCUT2D eigenvalue weighted by Crippen LogP contribution is -2.22. The van der Waals surface area contributed by atoms with Gasteiger partial charge in [0.25, 0.3) is 0 Å². The fourth-order valence-corrected chi connectivity index (χ4v) is 2.62. The van der Waals surface area contributed by atoms with E-state index >= 15 is 0 Å². The van der Waals surface area contributed by atoms with E-state index in [1.54, 1.807) is 0 Å². The molecule has 0 aromatic carbocycles. The molecule has 80 valence electrons. The molecule has 0 spiro atoms. The van der Waals surface area contributed by atoms with E-state index in [1.165, 1.54) is 44.9 Å². The summed E-state index contributed by atoms with van der Waals surface area (Å²) in [6, 6.07) is 0. The van der Waals surface area contributed by atoms with Crippen LogP contribution in [0.3, 0.4) is 0 Å². The second kappa shape index (κ2) is 6.90. The normalized spacial score (nSPS) is 28.0. The highest BCUT2D eigenvalue weighted by atomic mass is 14.6. The predicted octanol–water partition coefficient (Wildman–Crippen LogP) is 2.95. The van der Waals surface area contributed by atoms with Crippen LogP contribution in [0.2, 0.25) is 0 Å². The van der Waals surface area contributed by atoms with E-state index in [-0.39, 0.29) is 0 Å². The molecular weight excluding hydrogens is 170 g/mol. The van der Waals surface area contributed by atoms with Crippen LogP contribution in [0.15, 0.2) is 0 Å². The number of rotatable bonds is 4. The van der Waals surface area contributed by atoms with E-state index in [1.807, 2.05) is 0 Å². The Morgan fingerprint density at radius 2 is 1.86 bits per heavy atom. The van der Waals surface area contributed by atoms with E-state index in [2.05, 4.69) is 5.92 Å². The van der Waals surface area contributed by atoms with Gasteiger partial charge in [0, 0.05) is 6.42 Å². The molecule has 1 rings (SSSR count). The second-order valence-corrected chi connectivity index (χ2v) is 4.49. The van der Waals surface area contributed by atoms with E-state index in [0.717, 1.165) is 24.8 Å². The summed E-state index contributed by atoms with van der Waals surface area (Å²) in [5.41, 5.74) is 5.83. The number of terminal acetylenes is 1. The van der Waals surface area contributed by atoms with Crippen molar-refractivity contribution in [1.82, 2.24) is 0 Å². The minimum Gasteiger partial charge on any atom is -0.330 e. The van der Waals surface area contributed by atoms with Gasteiger partial charge in [0.2, 0.25) is 0 Å². The Labute approximate surface area is 88.5 Å². The van der Waals surface area contributed by atoms with Crippen molar-refractivity contribution in [1.29, 1.82) is 0 Å². The van der Waals surface area contributed by atoms with Crippen molar-refractivity contribution in [2.24, 2.45) is 17.6 Å². The third-order valence-electron chi connectivity index (χ3n) is 3.52. The standard InChI is InChI=1S/C13H23N/c1-2-3-5-8-12-9-6-4-7-10-13(12)11-14/h1,12-13H,3-11,14H2. The smallest absolute Gasteiger partial charge is 0.00861 e. The number of hydrogen-bond acceptors (Lipinski definition) is 1. The lowest BCUT2D eigenvalue weighted by atomic mass is 9.84. The zero-order valence-electron chi connectivity index (χ0n) is 9.17. The molecule has 14 heavy (non-hydrogen) atoms. The minimum atomic E-state index is 0.773. The quantitative estimate of drug-likeness (QED) is 0.414. The molecule has 1 nitrogen and oxygen atoms in total. The largest absolute Gasteiger partial charge is 0.330 e. The van der Waals surface area contributed by atoms with Crippen molar-refractivity contribution >= 4 is 0 Å². The van der Waals surface area contributed by atoms with Gasteiger partial charge in [0.1, 0.15) is 0 Å². The maximum absolute atomic E-state index is 5.83. The summed E-state index contributed by atoms with van der Waals surface area (Å²) in [7, 11) is 0. The van der Waals surface area contributed by atoms with Crippen LogP contribution in [0.4, 0.5) is 0 Å². The zero-order chi connectivity index (χ0) is 10.2. The highest BCUT2D eigenvalue weighted by molar-refractivity contribution is 4.84. The Hall–Kier alpha value is -0.480. The minimum absolute atomic E-state index is 0.773. The van der Waals surface area contributed by atoms with Gasteiger partial charge in [0.15, 0.2) is 0 Å². The molecule has 0 aromatic rings. The van der Waals surface area contributed by atoms with Crippen LogP contribution in [-0.4, -0.2) is 6.54 Å². The molecule has 0 bridgehead atoms. The summed E-state index contributed by atoms with van der Waals surface area (Å²) in [5, 5.41) is 0. The summed E-state index contributed by atoms with van der Waals surface area (Å²) in [5.74, 6) is 4.36. The summed E-state index contributed by atoms with van der Waals surface area (Å²) >= 11 is 0. The lowest BCUT2D eigenvalue weighted by Gasteiger charge is -2.23. The van der Waals surface area contributed by atoms with Crippen molar-refractivity contribution < 1.29 is 0 Å². The van der Waals surface area contributed by atoms with E-state index < -0.39 is 0 Å². The van der Waals surface area contributed by atoms with E-state index in [0.29, 0.717) is 0 Å².